The van der Waals surface area contributed by atoms with E-state index in [-0.39, 0.29) is 12.4 Å². The Balaban J connectivity index is 0. The van der Waals surface area contributed by atoms with Crippen LogP contribution in [-0.2, 0) is 14.4 Å². The van der Waals surface area contributed by atoms with Crippen molar-refractivity contribution in [2.24, 2.45) is 16.5 Å². The molecule has 0 spiro atoms. The fourth-order valence-electron chi connectivity index (χ4n) is 0.331. The van der Waals surface area contributed by atoms with E-state index in [2.05, 4.69) is 4.99 Å². The van der Waals surface area contributed by atoms with Gasteiger partial charge in [0, 0.05) is 0 Å². The van der Waals surface area contributed by atoms with E-state index in [4.69, 9.17) is 31.9 Å². The molecule has 0 aromatic heterocycles. The van der Waals surface area contributed by atoms with Gasteiger partial charge >= 0.3 is 11.9 Å². The van der Waals surface area contributed by atoms with Crippen molar-refractivity contribution in [1.29, 1.82) is 0 Å². The molecule has 0 bridgehead atoms. The zero-order valence-electron chi connectivity index (χ0n) is 7.85. The summed E-state index contributed by atoms with van der Waals surface area (Å²) in [5.41, 5.74) is 9.40. The Bertz CT molecular complexity index is 268. The van der Waals surface area contributed by atoms with E-state index in [1.54, 1.807) is 0 Å². The first-order valence-electron chi connectivity index (χ1n) is 3.58. The van der Waals surface area contributed by atoms with Crippen molar-refractivity contribution in [2.45, 2.75) is 12.2 Å². The second-order valence-corrected chi connectivity index (χ2v) is 2.23. The molecule has 0 aromatic carbocycles. The van der Waals surface area contributed by atoms with Gasteiger partial charge in [-0.2, -0.15) is 4.99 Å². The van der Waals surface area contributed by atoms with Gasteiger partial charge in [-0.3, -0.25) is 4.79 Å². The molecule has 0 aliphatic rings. The van der Waals surface area contributed by atoms with Gasteiger partial charge in [0.25, 0.3) is 0 Å². The largest absolute Gasteiger partial charge is 0.479 e. The maximum atomic E-state index is 9.77. The van der Waals surface area contributed by atoms with Crippen LogP contribution >= 0.6 is 0 Å². The minimum atomic E-state index is -2.27. The average molecular weight is 237 g/mol. The third-order valence-corrected chi connectivity index (χ3v) is 1.01. The Morgan fingerprint density at radius 3 is 1.44 bits per heavy atom. The molecule has 2 unspecified atom stereocenters. The summed E-state index contributed by atoms with van der Waals surface area (Å²) in [6.45, 7) is 0. The number of carbonyl (C=O) groups is 3. The number of carboxylic acids is 2. The zero-order valence-corrected chi connectivity index (χ0v) is 7.85. The van der Waals surface area contributed by atoms with E-state index in [1.165, 1.54) is 0 Å². The highest BCUT2D eigenvalue weighted by atomic mass is 16.4. The smallest absolute Gasteiger partial charge is 0.335 e. The predicted octanol–water partition coefficient (Wildman–Crippen LogP) is -3.71. The highest BCUT2D eigenvalue weighted by molar-refractivity contribution is 5.83. The van der Waals surface area contributed by atoms with Crippen LogP contribution in [0.5, 0.6) is 0 Å². The van der Waals surface area contributed by atoms with Crippen LogP contribution in [0, 0.1) is 0 Å². The quantitative estimate of drug-likeness (QED) is 0.162. The molecular weight excluding hydrogens is 226 g/mol. The molecule has 1 amide bonds. The predicted molar refractivity (Wildman–Crippen MR) is 49.2 cm³/mol. The summed E-state index contributed by atoms with van der Waals surface area (Å²) < 4.78 is 0. The van der Waals surface area contributed by atoms with Crippen molar-refractivity contribution in [1.82, 2.24) is 0 Å². The normalized spacial score (nSPS) is 12.4. The fourth-order valence-corrected chi connectivity index (χ4v) is 0.331. The van der Waals surface area contributed by atoms with Crippen LogP contribution in [0.1, 0.15) is 0 Å². The fraction of sp³-hybridized carbons (Fsp3) is 0.333. The zero-order chi connectivity index (χ0) is 13.3. The summed E-state index contributed by atoms with van der Waals surface area (Å²) in [6, 6.07) is 0. The Kier molecular flexibility index (Phi) is 8.26. The monoisotopic (exact) mass is 237 g/mol. The van der Waals surface area contributed by atoms with E-state index in [0.717, 1.165) is 0 Å². The van der Waals surface area contributed by atoms with E-state index in [0.29, 0.717) is 0 Å². The molecular formula is C6H11N3O7. The van der Waals surface area contributed by atoms with Crippen LogP contribution in [0.25, 0.3) is 0 Å². The number of aliphatic imine (C=N–C) groups is 1. The van der Waals surface area contributed by atoms with E-state index in [9.17, 15) is 14.4 Å². The van der Waals surface area contributed by atoms with Gasteiger partial charge in [-0.25, -0.2) is 9.59 Å². The summed E-state index contributed by atoms with van der Waals surface area (Å²) >= 11 is 0. The number of hydrogen-bond donors (Lipinski definition) is 6. The van der Waals surface area contributed by atoms with Crippen molar-refractivity contribution in [3.8, 4) is 0 Å². The molecule has 0 heterocycles. The first-order chi connectivity index (χ1) is 7.23. The van der Waals surface area contributed by atoms with Crippen LogP contribution in [-0.4, -0.2) is 56.9 Å². The number of nitrogens with two attached hydrogens (primary N) is 2. The maximum absolute atomic E-state index is 9.77. The molecule has 0 saturated heterocycles. The van der Waals surface area contributed by atoms with Crippen molar-refractivity contribution in [2.75, 3.05) is 0 Å². The maximum Gasteiger partial charge on any atom is 0.335 e. The molecule has 0 saturated carbocycles. The summed E-state index contributed by atoms with van der Waals surface area (Å²) in [5.74, 6) is -3.74. The second kappa shape index (κ2) is 8.14. The lowest BCUT2D eigenvalue weighted by Crippen LogP contribution is -2.39. The van der Waals surface area contributed by atoms with Gasteiger partial charge in [-0.1, -0.05) is 0 Å². The Morgan fingerprint density at radius 1 is 1.06 bits per heavy atom. The molecule has 92 valence electrons. The minimum absolute atomic E-state index is 0.204. The standard InChI is InChI=1S/C4H6O6.C2H5N3O/c5-1(3(7)8)2(6)4(9)10;3-2(4)5-1-6/h1-2,5-6H,(H,7,8)(H,9,10);1H,(H4,3,4,5,6). The van der Waals surface area contributed by atoms with E-state index < -0.39 is 24.1 Å². The number of hydrogen-bond acceptors (Lipinski definition) is 5. The first-order valence-corrected chi connectivity index (χ1v) is 3.58. The van der Waals surface area contributed by atoms with Gasteiger partial charge < -0.3 is 31.9 Å². The van der Waals surface area contributed by atoms with Crippen molar-refractivity contribution < 1.29 is 34.8 Å². The lowest BCUT2D eigenvalue weighted by Gasteiger charge is -2.07. The molecule has 2 atom stereocenters. The Hall–Kier alpha value is -2.20. The third kappa shape index (κ3) is 8.40. The molecule has 0 rings (SSSR count). The molecule has 16 heavy (non-hydrogen) atoms. The Labute approximate surface area is 88.8 Å². The number of aliphatic carboxylic acids is 2. The molecule has 8 N–H and O–H groups in total. The van der Waals surface area contributed by atoms with Crippen molar-refractivity contribution >= 4 is 24.3 Å². The van der Waals surface area contributed by atoms with Gasteiger partial charge in [-0.05, 0) is 0 Å². The van der Waals surface area contributed by atoms with Gasteiger partial charge in [0.15, 0.2) is 18.2 Å². The van der Waals surface area contributed by atoms with Gasteiger partial charge in [0.1, 0.15) is 0 Å². The number of aliphatic hydroxyl groups excluding tert-OH is 2. The number of aliphatic hydroxyl groups is 2. The molecule has 0 fully saturated rings. The van der Waals surface area contributed by atoms with Crippen molar-refractivity contribution in [3.63, 3.8) is 0 Å². The molecule has 10 nitrogen and oxygen atoms in total. The average Bonchev–Trinajstić information content (AvgIpc) is 2.15. The number of carbonyl (C=O) groups excluding carboxylic acids is 1. The lowest BCUT2D eigenvalue weighted by molar-refractivity contribution is -0.165. The summed E-state index contributed by atoms with van der Waals surface area (Å²) in [7, 11) is 0. The molecule has 0 aromatic rings. The minimum Gasteiger partial charge on any atom is -0.479 e. The molecule has 0 radical (unpaired) electrons. The topological polar surface area (TPSA) is 197 Å². The van der Waals surface area contributed by atoms with Gasteiger partial charge in [0.05, 0.1) is 0 Å². The van der Waals surface area contributed by atoms with Crippen LogP contribution in [0.15, 0.2) is 4.99 Å². The summed E-state index contributed by atoms with van der Waals surface area (Å²) in [5, 5.41) is 32.5. The molecule has 10 heteroatoms. The summed E-state index contributed by atoms with van der Waals surface area (Å²) in [6.07, 6.45) is -4.25. The van der Waals surface area contributed by atoms with Crippen LogP contribution in [0.4, 0.5) is 0 Å². The Morgan fingerprint density at radius 2 is 1.38 bits per heavy atom. The number of nitrogens with zero attached hydrogens (tertiary/aromatic N) is 1. The highest BCUT2D eigenvalue weighted by Crippen LogP contribution is 1.92. The van der Waals surface area contributed by atoms with Crippen LogP contribution in [0.3, 0.4) is 0 Å². The van der Waals surface area contributed by atoms with Crippen LogP contribution < -0.4 is 11.5 Å². The van der Waals surface area contributed by atoms with Crippen LogP contribution in [0.2, 0.25) is 0 Å². The SMILES string of the molecule is NC(N)=NC=O.O=C(O)C(O)C(O)C(=O)O. The molecule has 0 aliphatic heterocycles. The number of guanidine groups is 1. The first kappa shape index (κ1) is 16.2. The lowest BCUT2D eigenvalue weighted by atomic mass is 10.2. The number of carboxylic acid groups (broad SMARTS) is 2. The number of rotatable bonds is 4. The second-order valence-electron chi connectivity index (χ2n) is 2.23. The third-order valence-electron chi connectivity index (χ3n) is 1.01. The number of amides is 1. The van der Waals surface area contributed by atoms with E-state index >= 15 is 0 Å². The van der Waals surface area contributed by atoms with Gasteiger partial charge in [-0.15, -0.1) is 0 Å². The molecule has 0 aliphatic carbocycles. The summed E-state index contributed by atoms with van der Waals surface area (Å²) in [4.78, 5) is 31.7. The van der Waals surface area contributed by atoms with Gasteiger partial charge in [0.2, 0.25) is 6.41 Å². The highest BCUT2D eigenvalue weighted by Gasteiger charge is 2.29. The van der Waals surface area contributed by atoms with Crippen molar-refractivity contribution in [3.05, 3.63) is 0 Å². The van der Waals surface area contributed by atoms with E-state index in [1.807, 2.05) is 0 Å².